The van der Waals surface area contributed by atoms with Crippen LogP contribution in [0.1, 0.15) is 12.8 Å². The van der Waals surface area contributed by atoms with Gasteiger partial charge in [-0.15, -0.1) is 0 Å². The first-order valence-corrected chi connectivity index (χ1v) is 5.08. The molecule has 0 radical (unpaired) electrons. The van der Waals surface area contributed by atoms with E-state index in [2.05, 4.69) is 10.6 Å². The highest BCUT2D eigenvalue weighted by Gasteiger charge is 2.22. The van der Waals surface area contributed by atoms with E-state index >= 15 is 0 Å². The van der Waals surface area contributed by atoms with E-state index in [1.54, 1.807) is 0 Å². The van der Waals surface area contributed by atoms with Crippen molar-refractivity contribution in [2.45, 2.75) is 18.9 Å². The second-order valence-electron chi connectivity index (χ2n) is 3.81. The highest BCUT2D eigenvalue weighted by molar-refractivity contribution is 5.79. The highest BCUT2D eigenvalue weighted by atomic mass is 16.2. The normalized spacial score (nSPS) is 29.7. The molecule has 1 amide bonds. The predicted octanol–water partition coefficient (Wildman–Crippen LogP) is -0.830. The van der Waals surface area contributed by atoms with Crippen LogP contribution in [0.3, 0.4) is 0 Å². The summed E-state index contributed by atoms with van der Waals surface area (Å²) in [7, 11) is 0. The molecule has 2 fully saturated rings. The van der Waals surface area contributed by atoms with Crippen LogP contribution in [-0.4, -0.2) is 49.6 Å². The van der Waals surface area contributed by atoms with Crippen LogP contribution in [0.5, 0.6) is 0 Å². The lowest BCUT2D eigenvalue weighted by Gasteiger charge is -2.29. The van der Waals surface area contributed by atoms with Crippen LogP contribution >= 0.6 is 0 Å². The average Bonchev–Trinajstić information content (AvgIpc) is 2.61. The van der Waals surface area contributed by atoms with Crippen molar-refractivity contribution in [3.8, 4) is 0 Å². The summed E-state index contributed by atoms with van der Waals surface area (Å²) in [5.74, 6) is 0.250. The van der Waals surface area contributed by atoms with Crippen LogP contribution in [0.2, 0.25) is 0 Å². The molecule has 2 N–H and O–H groups in total. The van der Waals surface area contributed by atoms with E-state index in [4.69, 9.17) is 0 Å². The van der Waals surface area contributed by atoms with Gasteiger partial charge in [0.1, 0.15) is 0 Å². The van der Waals surface area contributed by atoms with Crippen LogP contribution < -0.4 is 10.6 Å². The van der Waals surface area contributed by atoms with Crippen molar-refractivity contribution in [1.29, 1.82) is 0 Å². The quantitative estimate of drug-likeness (QED) is 0.587. The third kappa shape index (κ3) is 2.19. The first kappa shape index (κ1) is 8.97. The van der Waals surface area contributed by atoms with Gasteiger partial charge in [-0.1, -0.05) is 0 Å². The topological polar surface area (TPSA) is 44.4 Å². The molecule has 2 saturated heterocycles. The van der Waals surface area contributed by atoms with Gasteiger partial charge in [-0.05, 0) is 19.4 Å². The maximum atomic E-state index is 11.4. The van der Waals surface area contributed by atoms with Gasteiger partial charge >= 0.3 is 0 Å². The number of rotatable bonds is 2. The summed E-state index contributed by atoms with van der Waals surface area (Å²) >= 11 is 0. The number of carbonyl (C=O) groups is 1. The summed E-state index contributed by atoms with van der Waals surface area (Å²) in [6, 6.07) is 0.544. The van der Waals surface area contributed by atoms with Gasteiger partial charge in [0.05, 0.1) is 6.54 Å². The lowest BCUT2D eigenvalue weighted by molar-refractivity contribution is -0.132. The van der Waals surface area contributed by atoms with Gasteiger partial charge in [-0.3, -0.25) is 4.79 Å². The lowest BCUT2D eigenvalue weighted by Crippen LogP contribution is -2.51. The standard InChI is InChI=1S/C9H17N3O/c13-9-6-10-4-5-12(9)7-8-2-1-3-11-8/h8,10-11H,1-7H2. The van der Waals surface area contributed by atoms with Crippen molar-refractivity contribution in [2.24, 2.45) is 0 Å². The molecule has 4 nitrogen and oxygen atoms in total. The molecule has 2 heterocycles. The molecule has 0 spiro atoms. The van der Waals surface area contributed by atoms with Gasteiger partial charge in [0, 0.05) is 25.7 Å². The molecule has 2 rings (SSSR count). The average molecular weight is 183 g/mol. The Hall–Kier alpha value is -0.610. The van der Waals surface area contributed by atoms with Gasteiger partial charge in [0.2, 0.25) is 5.91 Å². The molecule has 4 heteroatoms. The van der Waals surface area contributed by atoms with E-state index in [-0.39, 0.29) is 5.91 Å². The zero-order valence-electron chi connectivity index (χ0n) is 7.88. The van der Waals surface area contributed by atoms with E-state index in [1.807, 2.05) is 4.90 Å². The van der Waals surface area contributed by atoms with Gasteiger partial charge in [-0.25, -0.2) is 0 Å². The van der Waals surface area contributed by atoms with Gasteiger partial charge < -0.3 is 15.5 Å². The molecule has 0 aromatic rings. The van der Waals surface area contributed by atoms with Crippen LogP contribution in [0.4, 0.5) is 0 Å². The van der Waals surface area contributed by atoms with E-state index in [9.17, 15) is 4.79 Å². The molecule has 0 aromatic carbocycles. The predicted molar refractivity (Wildman–Crippen MR) is 50.5 cm³/mol. The number of amides is 1. The maximum Gasteiger partial charge on any atom is 0.236 e. The number of nitrogens with one attached hydrogen (secondary N) is 2. The Labute approximate surface area is 78.7 Å². The Kier molecular flexibility index (Phi) is 2.80. The van der Waals surface area contributed by atoms with E-state index in [0.29, 0.717) is 12.6 Å². The SMILES string of the molecule is O=C1CNCCN1CC1CCCN1. The molecule has 2 aliphatic rings. The van der Waals surface area contributed by atoms with Gasteiger partial charge in [0.15, 0.2) is 0 Å². The lowest BCUT2D eigenvalue weighted by atomic mass is 10.2. The van der Waals surface area contributed by atoms with Crippen LogP contribution in [0.25, 0.3) is 0 Å². The molecule has 1 atom stereocenters. The summed E-state index contributed by atoms with van der Waals surface area (Å²) in [6.07, 6.45) is 2.47. The minimum Gasteiger partial charge on any atom is -0.339 e. The fourth-order valence-electron chi connectivity index (χ4n) is 2.02. The molecule has 0 aliphatic carbocycles. The summed E-state index contributed by atoms with van der Waals surface area (Å²) in [5.41, 5.74) is 0. The summed E-state index contributed by atoms with van der Waals surface area (Å²) in [6.45, 7) is 4.35. The Morgan fingerprint density at radius 2 is 2.38 bits per heavy atom. The Balaban J connectivity index is 1.81. The fourth-order valence-corrected chi connectivity index (χ4v) is 2.02. The smallest absolute Gasteiger partial charge is 0.236 e. The monoisotopic (exact) mass is 183 g/mol. The first-order chi connectivity index (χ1) is 6.36. The van der Waals surface area contributed by atoms with Crippen molar-refractivity contribution in [3.05, 3.63) is 0 Å². The first-order valence-electron chi connectivity index (χ1n) is 5.08. The van der Waals surface area contributed by atoms with E-state index in [0.717, 1.165) is 26.2 Å². The molecular weight excluding hydrogens is 166 g/mol. The molecule has 0 saturated carbocycles. The number of carbonyl (C=O) groups excluding carboxylic acids is 1. The molecular formula is C9H17N3O. The largest absolute Gasteiger partial charge is 0.339 e. The van der Waals surface area contributed by atoms with Crippen molar-refractivity contribution < 1.29 is 4.79 Å². The second kappa shape index (κ2) is 4.07. The number of piperazine rings is 1. The third-order valence-corrected chi connectivity index (χ3v) is 2.79. The fraction of sp³-hybridized carbons (Fsp3) is 0.889. The number of nitrogens with zero attached hydrogens (tertiary/aromatic N) is 1. The van der Waals surface area contributed by atoms with E-state index < -0.39 is 0 Å². The summed E-state index contributed by atoms with van der Waals surface area (Å²) < 4.78 is 0. The molecule has 13 heavy (non-hydrogen) atoms. The zero-order chi connectivity index (χ0) is 9.10. The van der Waals surface area contributed by atoms with Crippen LogP contribution in [0.15, 0.2) is 0 Å². The molecule has 1 unspecified atom stereocenters. The number of hydrogen-bond donors (Lipinski definition) is 2. The van der Waals surface area contributed by atoms with Gasteiger partial charge in [0.25, 0.3) is 0 Å². The summed E-state index contributed by atoms with van der Waals surface area (Å²) in [4.78, 5) is 13.4. The van der Waals surface area contributed by atoms with Crippen molar-refractivity contribution >= 4 is 5.91 Å². The third-order valence-electron chi connectivity index (χ3n) is 2.79. The van der Waals surface area contributed by atoms with Crippen molar-refractivity contribution in [3.63, 3.8) is 0 Å². The van der Waals surface area contributed by atoms with Gasteiger partial charge in [-0.2, -0.15) is 0 Å². The molecule has 0 aromatic heterocycles. The second-order valence-corrected chi connectivity index (χ2v) is 3.81. The van der Waals surface area contributed by atoms with Crippen molar-refractivity contribution in [2.75, 3.05) is 32.7 Å². The molecule has 74 valence electrons. The molecule has 0 bridgehead atoms. The summed E-state index contributed by atoms with van der Waals surface area (Å²) in [5, 5.41) is 6.49. The minimum atomic E-state index is 0.250. The van der Waals surface area contributed by atoms with Crippen LogP contribution in [0, 0.1) is 0 Å². The minimum absolute atomic E-state index is 0.250. The maximum absolute atomic E-state index is 11.4. The highest BCUT2D eigenvalue weighted by Crippen LogP contribution is 2.07. The molecule has 2 aliphatic heterocycles. The zero-order valence-corrected chi connectivity index (χ0v) is 7.88. The Morgan fingerprint density at radius 3 is 3.08 bits per heavy atom. The van der Waals surface area contributed by atoms with Crippen LogP contribution in [-0.2, 0) is 4.79 Å². The Morgan fingerprint density at radius 1 is 1.46 bits per heavy atom. The Bertz CT molecular complexity index is 189. The van der Waals surface area contributed by atoms with Crippen molar-refractivity contribution in [1.82, 2.24) is 15.5 Å². The van der Waals surface area contributed by atoms with E-state index in [1.165, 1.54) is 12.8 Å². The number of hydrogen-bond acceptors (Lipinski definition) is 3.